The summed E-state index contributed by atoms with van der Waals surface area (Å²) in [6.07, 6.45) is -35.1. The molecule has 0 saturated carbocycles. The van der Waals surface area contributed by atoms with Gasteiger partial charge in [-0.2, -0.15) is 78.7 Å². The molecule has 0 rings (SSSR count). The third-order valence-electron chi connectivity index (χ3n) is 3.31. The zero-order valence-corrected chi connectivity index (χ0v) is 12.9. The summed E-state index contributed by atoms with van der Waals surface area (Å²) in [5.41, 5.74) is -18.9. The molecule has 0 saturated heterocycles. The van der Waals surface area contributed by atoms with Crippen LogP contribution in [0.3, 0.4) is 0 Å². The summed E-state index contributed by atoms with van der Waals surface area (Å²) in [5.74, 6) is -9.12. The SMILES string of the molecule is O=S(=O)(O)C(F)(F)C(F)(C(F)(F)F)C(C(F)(F)F)(C(F)(F)F)C(F)(F)C(F)(F)F. The van der Waals surface area contributed by atoms with Crippen molar-refractivity contribution in [2.24, 2.45) is 5.41 Å². The zero-order valence-electron chi connectivity index (χ0n) is 12.1. The van der Waals surface area contributed by atoms with E-state index in [4.69, 9.17) is 4.55 Å². The molecule has 0 heterocycles. The molecule has 0 fully saturated rings. The van der Waals surface area contributed by atoms with Crippen molar-refractivity contribution < 1.29 is 87.6 Å². The molecule has 0 aliphatic rings. The standard InChI is InChI=1S/C8HF17O3S/c9-2(6(18,19)20,8(24,25)29(26,27)28)1(4(12,13)14,5(15,16)17)3(10,11)7(21,22)23/h(H,26,27,28). The number of alkyl halides is 17. The molecule has 176 valence electrons. The predicted molar refractivity (Wildman–Crippen MR) is 51.9 cm³/mol. The second-order valence-electron chi connectivity index (χ2n) is 4.97. The van der Waals surface area contributed by atoms with Gasteiger partial charge in [-0.15, -0.1) is 0 Å². The summed E-state index contributed by atoms with van der Waals surface area (Å²) in [6.45, 7) is 0. The minimum atomic E-state index is -9.50. The van der Waals surface area contributed by atoms with E-state index in [2.05, 4.69) is 0 Å². The van der Waals surface area contributed by atoms with Gasteiger partial charge in [0.1, 0.15) is 0 Å². The molecule has 0 aliphatic carbocycles. The molecule has 0 aliphatic heterocycles. The molecular formula is C8HF17O3S. The minimum Gasteiger partial charge on any atom is -0.281 e. The van der Waals surface area contributed by atoms with Crippen molar-refractivity contribution in [3.8, 4) is 0 Å². The lowest BCUT2D eigenvalue weighted by atomic mass is 9.65. The van der Waals surface area contributed by atoms with E-state index < -0.39 is 57.1 Å². The van der Waals surface area contributed by atoms with Crippen LogP contribution in [0.4, 0.5) is 74.6 Å². The van der Waals surface area contributed by atoms with E-state index in [0.717, 1.165) is 0 Å². The summed E-state index contributed by atoms with van der Waals surface area (Å²) in [6, 6.07) is 0. The van der Waals surface area contributed by atoms with Crippen molar-refractivity contribution in [3.05, 3.63) is 0 Å². The normalized spacial score (nSPS) is 18.6. The van der Waals surface area contributed by atoms with Gasteiger partial charge in [0.15, 0.2) is 0 Å². The van der Waals surface area contributed by atoms with Crippen molar-refractivity contribution in [2.75, 3.05) is 0 Å². The zero-order chi connectivity index (χ0) is 24.5. The summed E-state index contributed by atoms with van der Waals surface area (Å²) in [7, 11) is -8.48. The first-order chi connectivity index (χ1) is 12.0. The number of rotatable bonds is 4. The van der Waals surface area contributed by atoms with Gasteiger partial charge < -0.3 is 0 Å². The van der Waals surface area contributed by atoms with Gasteiger partial charge in [0.2, 0.25) is 0 Å². The van der Waals surface area contributed by atoms with Crippen LogP contribution in [0, 0.1) is 5.41 Å². The van der Waals surface area contributed by atoms with E-state index in [1.807, 2.05) is 0 Å². The smallest absolute Gasteiger partial charge is 0.281 e. The van der Waals surface area contributed by atoms with Gasteiger partial charge in [0, 0.05) is 0 Å². The van der Waals surface area contributed by atoms with Crippen LogP contribution in [0.5, 0.6) is 0 Å². The number of halogens is 17. The van der Waals surface area contributed by atoms with Gasteiger partial charge in [-0.3, -0.25) is 4.55 Å². The van der Waals surface area contributed by atoms with Crippen molar-refractivity contribution in [1.82, 2.24) is 0 Å². The molecule has 0 aromatic rings. The second-order valence-corrected chi connectivity index (χ2v) is 6.43. The molecule has 21 heteroatoms. The Kier molecular flexibility index (Phi) is 6.08. The first-order valence-electron chi connectivity index (χ1n) is 5.68. The Morgan fingerprint density at radius 2 is 0.759 bits per heavy atom. The highest BCUT2D eigenvalue weighted by atomic mass is 32.2. The summed E-state index contributed by atoms with van der Waals surface area (Å²) in [5, 5.41) is -8.59. The monoisotopic (exact) mass is 500 g/mol. The van der Waals surface area contributed by atoms with Crippen LogP contribution >= 0.6 is 0 Å². The van der Waals surface area contributed by atoms with E-state index in [1.165, 1.54) is 0 Å². The third kappa shape index (κ3) is 3.26. The first kappa shape index (κ1) is 27.7. The highest BCUT2D eigenvalue weighted by Crippen LogP contribution is 2.74. The highest BCUT2D eigenvalue weighted by molar-refractivity contribution is 7.87. The van der Waals surface area contributed by atoms with Crippen molar-refractivity contribution >= 4 is 10.1 Å². The molecule has 0 radical (unpaired) electrons. The van der Waals surface area contributed by atoms with Crippen LogP contribution in [0.25, 0.3) is 0 Å². The molecule has 29 heavy (non-hydrogen) atoms. The fourth-order valence-electron chi connectivity index (χ4n) is 2.11. The van der Waals surface area contributed by atoms with Crippen molar-refractivity contribution in [1.29, 1.82) is 0 Å². The van der Waals surface area contributed by atoms with Crippen LogP contribution in [0.1, 0.15) is 0 Å². The Hall–Kier alpha value is -1.28. The van der Waals surface area contributed by atoms with Crippen LogP contribution in [0.15, 0.2) is 0 Å². The van der Waals surface area contributed by atoms with Gasteiger partial charge >= 0.3 is 51.7 Å². The van der Waals surface area contributed by atoms with Crippen LogP contribution in [0.2, 0.25) is 0 Å². The molecule has 0 amide bonds. The first-order valence-corrected chi connectivity index (χ1v) is 7.12. The van der Waals surface area contributed by atoms with Gasteiger partial charge in [0.25, 0.3) is 5.41 Å². The molecule has 3 nitrogen and oxygen atoms in total. The maximum Gasteiger partial charge on any atom is 0.454 e. The lowest BCUT2D eigenvalue weighted by Crippen LogP contribution is -2.82. The molecule has 0 aromatic carbocycles. The van der Waals surface area contributed by atoms with E-state index in [1.54, 1.807) is 0 Å². The Morgan fingerprint density at radius 1 is 0.483 bits per heavy atom. The molecule has 0 spiro atoms. The molecule has 1 unspecified atom stereocenters. The second kappa shape index (κ2) is 6.36. The fraction of sp³-hybridized carbons (Fsp3) is 1.00. The topological polar surface area (TPSA) is 54.4 Å². The van der Waals surface area contributed by atoms with E-state index in [0.29, 0.717) is 0 Å². The molecule has 0 aromatic heterocycles. The highest BCUT2D eigenvalue weighted by Gasteiger charge is 3.05. The molecule has 1 atom stereocenters. The fourth-order valence-corrected chi connectivity index (χ4v) is 2.73. The molecular weight excluding hydrogens is 499 g/mol. The average Bonchev–Trinajstić information content (AvgIpc) is 2.30. The summed E-state index contributed by atoms with van der Waals surface area (Å²) in [4.78, 5) is 0. The van der Waals surface area contributed by atoms with Crippen molar-refractivity contribution in [3.63, 3.8) is 0 Å². The predicted octanol–water partition coefficient (Wildman–Crippen LogP) is 5.05. The number of hydrogen-bond donors (Lipinski definition) is 1. The van der Waals surface area contributed by atoms with Crippen molar-refractivity contribution in [2.45, 2.75) is 41.6 Å². The maximum atomic E-state index is 14.1. The molecule has 1 N–H and O–H groups in total. The van der Waals surface area contributed by atoms with Gasteiger partial charge in [-0.25, -0.2) is 4.39 Å². The number of hydrogen-bond acceptors (Lipinski definition) is 2. The largest absolute Gasteiger partial charge is 0.454 e. The average molecular weight is 500 g/mol. The Labute approximate surface area is 146 Å². The van der Waals surface area contributed by atoms with E-state index in [-0.39, 0.29) is 0 Å². The quantitative estimate of drug-likeness (QED) is 0.435. The van der Waals surface area contributed by atoms with Gasteiger partial charge in [-0.1, -0.05) is 0 Å². The van der Waals surface area contributed by atoms with Crippen LogP contribution in [-0.4, -0.2) is 54.5 Å². The van der Waals surface area contributed by atoms with Crippen LogP contribution in [-0.2, 0) is 10.1 Å². The van der Waals surface area contributed by atoms with E-state index in [9.17, 15) is 83.1 Å². The van der Waals surface area contributed by atoms with E-state index >= 15 is 0 Å². The Morgan fingerprint density at radius 3 is 0.897 bits per heavy atom. The lowest BCUT2D eigenvalue weighted by Gasteiger charge is -2.51. The van der Waals surface area contributed by atoms with Gasteiger partial charge in [-0.05, 0) is 0 Å². The minimum absolute atomic E-state index is 7.83. The Bertz CT molecular complexity index is 708. The third-order valence-corrected chi connectivity index (χ3v) is 4.24. The van der Waals surface area contributed by atoms with Crippen LogP contribution < -0.4 is 0 Å². The maximum absolute atomic E-state index is 14.1. The van der Waals surface area contributed by atoms with Gasteiger partial charge in [0.05, 0.1) is 0 Å². The lowest BCUT2D eigenvalue weighted by molar-refractivity contribution is -0.510. The molecule has 0 bridgehead atoms. The Balaban J connectivity index is 8.37. The summed E-state index contributed by atoms with van der Waals surface area (Å²) < 4.78 is 247. The summed E-state index contributed by atoms with van der Waals surface area (Å²) >= 11 is 0.